The lowest BCUT2D eigenvalue weighted by molar-refractivity contribution is -0.126. The molecule has 1 aliphatic rings. The van der Waals surface area contributed by atoms with Gasteiger partial charge in [0.15, 0.2) is 0 Å². The Balaban J connectivity index is 1.47. The molecule has 1 aromatic carbocycles. The van der Waals surface area contributed by atoms with E-state index in [2.05, 4.69) is 10.4 Å². The number of carbonyl (C=O) groups is 2. The van der Waals surface area contributed by atoms with E-state index in [1.807, 2.05) is 30.3 Å². The average Bonchev–Trinajstić information content (AvgIpc) is 3.02. The van der Waals surface area contributed by atoms with Gasteiger partial charge in [0.05, 0.1) is 5.92 Å². The number of hydrogen-bond acceptors (Lipinski definition) is 4. The summed E-state index contributed by atoms with van der Waals surface area (Å²) < 4.78 is 1.36. The molecule has 1 fully saturated rings. The normalized spacial score (nSPS) is 16.9. The Hall–Kier alpha value is -2.96. The molecule has 130 valence electrons. The molecule has 3 rings (SSSR count). The Bertz CT molecular complexity index is 803. The lowest BCUT2D eigenvalue weighted by Crippen LogP contribution is -2.34. The Kier molecular flexibility index (Phi) is 5.23. The van der Waals surface area contributed by atoms with Crippen molar-refractivity contribution in [3.63, 3.8) is 0 Å². The minimum Gasteiger partial charge on any atom is -0.356 e. The fourth-order valence-corrected chi connectivity index (χ4v) is 2.88. The summed E-state index contributed by atoms with van der Waals surface area (Å²) in [5, 5.41) is 6.81. The SMILES string of the molecule is O=C(NCCCn1ncccc1=O)C1CC(=O)N(c2ccccc2)C1. The molecule has 0 radical (unpaired) electrons. The van der Waals surface area contributed by atoms with Gasteiger partial charge in [0.2, 0.25) is 11.8 Å². The van der Waals surface area contributed by atoms with Crippen molar-refractivity contribution >= 4 is 17.5 Å². The van der Waals surface area contributed by atoms with Crippen molar-refractivity contribution in [2.45, 2.75) is 19.4 Å². The van der Waals surface area contributed by atoms with E-state index in [9.17, 15) is 14.4 Å². The van der Waals surface area contributed by atoms with E-state index in [0.717, 1.165) is 5.69 Å². The number of aryl methyl sites for hydroxylation is 1. The molecule has 0 aliphatic carbocycles. The van der Waals surface area contributed by atoms with Crippen LogP contribution in [-0.4, -0.2) is 34.7 Å². The maximum absolute atomic E-state index is 12.3. The molecule has 1 aromatic heterocycles. The van der Waals surface area contributed by atoms with E-state index in [-0.39, 0.29) is 29.7 Å². The largest absolute Gasteiger partial charge is 0.356 e. The summed E-state index contributed by atoms with van der Waals surface area (Å²) in [5.41, 5.74) is 0.658. The van der Waals surface area contributed by atoms with E-state index >= 15 is 0 Å². The first-order chi connectivity index (χ1) is 12.1. The number of hydrogen-bond donors (Lipinski definition) is 1. The van der Waals surface area contributed by atoms with E-state index in [0.29, 0.717) is 26.1 Å². The van der Waals surface area contributed by atoms with E-state index in [1.54, 1.807) is 17.2 Å². The van der Waals surface area contributed by atoms with Crippen LogP contribution in [0.5, 0.6) is 0 Å². The second-order valence-electron chi connectivity index (χ2n) is 5.97. The number of nitrogens with zero attached hydrogens (tertiary/aromatic N) is 3. The summed E-state index contributed by atoms with van der Waals surface area (Å²) in [6.45, 7) is 1.28. The molecule has 0 saturated carbocycles. The first-order valence-electron chi connectivity index (χ1n) is 8.30. The number of para-hydroxylation sites is 1. The van der Waals surface area contributed by atoms with Crippen LogP contribution in [0.25, 0.3) is 0 Å². The molecule has 0 spiro atoms. The molecule has 0 bridgehead atoms. The van der Waals surface area contributed by atoms with Crippen LogP contribution in [-0.2, 0) is 16.1 Å². The summed E-state index contributed by atoms with van der Waals surface area (Å²) >= 11 is 0. The van der Waals surface area contributed by atoms with Crippen LogP contribution < -0.4 is 15.8 Å². The van der Waals surface area contributed by atoms with E-state index in [4.69, 9.17) is 0 Å². The fraction of sp³-hybridized carbons (Fsp3) is 0.333. The molecule has 1 atom stereocenters. The summed E-state index contributed by atoms with van der Waals surface area (Å²) in [5.74, 6) is -0.503. The van der Waals surface area contributed by atoms with Gasteiger partial charge in [-0.05, 0) is 24.6 Å². The molecule has 7 heteroatoms. The topological polar surface area (TPSA) is 84.3 Å². The minimum atomic E-state index is -0.342. The van der Waals surface area contributed by atoms with Crippen molar-refractivity contribution in [3.8, 4) is 0 Å². The number of amides is 2. The number of benzene rings is 1. The Morgan fingerprint density at radius 2 is 1.96 bits per heavy atom. The Morgan fingerprint density at radius 3 is 2.72 bits per heavy atom. The third kappa shape index (κ3) is 4.12. The summed E-state index contributed by atoms with van der Waals surface area (Å²) in [6.07, 6.45) is 2.38. The van der Waals surface area contributed by atoms with Crippen LogP contribution in [0.1, 0.15) is 12.8 Å². The number of rotatable bonds is 6. The van der Waals surface area contributed by atoms with Gasteiger partial charge < -0.3 is 10.2 Å². The minimum absolute atomic E-state index is 0.0358. The highest BCUT2D eigenvalue weighted by Gasteiger charge is 2.34. The predicted octanol–water partition coefficient (Wildman–Crippen LogP) is 0.803. The average molecular weight is 340 g/mol. The van der Waals surface area contributed by atoms with Gasteiger partial charge in [0.1, 0.15) is 0 Å². The van der Waals surface area contributed by atoms with Crippen molar-refractivity contribution in [2.75, 3.05) is 18.0 Å². The lowest BCUT2D eigenvalue weighted by atomic mass is 10.1. The van der Waals surface area contributed by atoms with Gasteiger partial charge in [-0.25, -0.2) is 4.68 Å². The van der Waals surface area contributed by atoms with Crippen LogP contribution in [0.15, 0.2) is 53.5 Å². The molecule has 7 nitrogen and oxygen atoms in total. The van der Waals surface area contributed by atoms with Crippen molar-refractivity contribution in [3.05, 3.63) is 59.0 Å². The highest BCUT2D eigenvalue weighted by Crippen LogP contribution is 2.24. The molecule has 1 aliphatic heterocycles. The first kappa shape index (κ1) is 16.9. The second kappa shape index (κ2) is 7.74. The number of carbonyl (C=O) groups excluding carboxylic acids is 2. The molecule has 2 aromatic rings. The molecule has 25 heavy (non-hydrogen) atoms. The summed E-state index contributed by atoms with van der Waals surface area (Å²) in [6, 6.07) is 12.4. The molecule has 2 amide bonds. The van der Waals surface area contributed by atoms with Crippen molar-refractivity contribution < 1.29 is 9.59 Å². The third-order valence-electron chi connectivity index (χ3n) is 4.19. The van der Waals surface area contributed by atoms with Crippen LogP contribution in [0.2, 0.25) is 0 Å². The zero-order chi connectivity index (χ0) is 17.6. The molecule has 1 saturated heterocycles. The van der Waals surface area contributed by atoms with Crippen LogP contribution in [0, 0.1) is 5.92 Å². The first-order valence-corrected chi connectivity index (χ1v) is 8.30. The third-order valence-corrected chi connectivity index (χ3v) is 4.19. The monoisotopic (exact) mass is 340 g/mol. The van der Waals surface area contributed by atoms with E-state index < -0.39 is 0 Å². The molecule has 2 heterocycles. The van der Waals surface area contributed by atoms with Crippen LogP contribution in [0.3, 0.4) is 0 Å². The predicted molar refractivity (Wildman–Crippen MR) is 93.0 cm³/mol. The maximum Gasteiger partial charge on any atom is 0.266 e. The van der Waals surface area contributed by atoms with Gasteiger partial charge in [-0.15, -0.1) is 0 Å². The quantitative estimate of drug-likeness (QED) is 0.789. The van der Waals surface area contributed by atoms with Crippen LogP contribution in [0.4, 0.5) is 5.69 Å². The molecule has 1 N–H and O–H groups in total. The van der Waals surface area contributed by atoms with Gasteiger partial charge in [0, 0.05) is 44.0 Å². The zero-order valence-corrected chi connectivity index (χ0v) is 13.8. The Morgan fingerprint density at radius 1 is 1.16 bits per heavy atom. The van der Waals surface area contributed by atoms with Gasteiger partial charge >= 0.3 is 0 Å². The number of anilines is 1. The highest BCUT2D eigenvalue weighted by molar-refractivity contribution is 6.00. The van der Waals surface area contributed by atoms with Gasteiger partial charge in [0.25, 0.3) is 5.56 Å². The Labute approximate surface area is 145 Å². The van der Waals surface area contributed by atoms with Crippen molar-refractivity contribution in [1.82, 2.24) is 15.1 Å². The van der Waals surface area contributed by atoms with Gasteiger partial charge in [-0.2, -0.15) is 5.10 Å². The van der Waals surface area contributed by atoms with Crippen molar-refractivity contribution in [2.24, 2.45) is 5.92 Å². The number of nitrogens with one attached hydrogen (secondary N) is 1. The second-order valence-corrected chi connectivity index (χ2v) is 5.97. The summed E-state index contributed by atoms with van der Waals surface area (Å²) in [4.78, 5) is 37.6. The zero-order valence-electron chi connectivity index (χ0n) is 13.8. The van der Waals surface area contributed by atoms with Crippen LogP contribution >= 0.6 is 0 Å². The molecular weight excluding hydrogens is 320 g/mol. The molecule has 1 unspecified atom stereocenters. The number of aromatic nitrogens is 2. The molecular formula is C18H20N4O3. The van der Waals surface area contributed by atoms with E-state index in [1.165, 1.54) is 10.7 Å². The van der Waals surface area contributed by atoms with Crippen molar-refractivity contribution in [1.29, 1.82) is 0 Å². The standard InChI is InChI=1S/C18H20N4O3/c23-16-8-4-10-20-22(16)11-5-9-19-18(25)14-12-17(24)21(13-14)15-6-2-1-3-7-15/h1-4,6-8,10,14H,5,9,11-13H2,(H,19,25). The highest BCUT2D eigenvalue weighted by atomic mass is 16.2. The van der Waals surface area contributed by atoms with Gasteiger partial charge in [-0.3, -0.25) is 14.4 Å². The lowest BCUT2D eigenvalue weighted by Gasteiger charge is -2.16. The smallest absolute Gasteiger partial charge is 0.266 e. The summed E-state index contributed by atoms with van der Waals surface area (Å²) in [7, 11) is 0. The fourth-order valence-electron chi connectivity index (χ4n) is 2.88. The maximum atomic E-state index is 12.3. The van der Waals surface area contributed by atoms with Gasteiger partial charge in [-0.1, -0.05) is 18.2 Å².